The van der Waals surface area contributed by atoms with Crippen molar-refractivity contribution in [3.8, 4) is 0 Å². The molecule has 0 bridgehead atoms. The number of imidazole rings is 1. The number of nitrogens with two attached hydrogens (primary N) is 1. The van der Waals surface area contributed by atoms with E-state index in [1.807, 2.05) is 13.8 Å². The number of anilines is 1. The van der Waals surface area contributed by atoms with E-state index < -0.39 is 36.5 Å². The van der Waals surface area contributed by atoms with E-state index in [1.54, 1.807) is 0 Å². The van der Waals surface area contributed by atoms with E-state index >= 15 is 0 Å². The van der Waals surface area contributed by atoms with Gasteiger partial charge in [0.25, 0.3) is 5.91 Å². The number of nitrogens with one attached hydrogen (secondary N) is 1. The number of amides is 1. The average Bonchev–Trinajstić information content (AvgIpc) is 3.22. The molecule has 3 heterocycles. The molecule has 1 amide bonds. The summed E-state index contributed by atoms with van der Waals surface area (Å²) in [5, 5.41) is 32.9. The first-order valence-corrected chi connectivity index (χ1v) is 8.74. The third kappa shape index (κ3) is 3.46. The number of nitrogens with zero attached hydrogens (tertiary/aromatic N) is 4. The molecule has 6 N–H and O–H groups in total. The molecule has 1 aliphatic heterocycles. The van der Waals surface area contributed by atoms with Gasteiger partial charge >= 0.3 is 0 Å². The van der Waals surface area contributed by atoms with Gasteiger partial charge in [-0.15, -0.1) is 0 Å². The van der Waals surface area contributed by atoms with Crippen LogP contribution < -0.4 is 11.1 Å². The minimum absolute atomic E-state index is 0.0375. The number of aliphatic hydroxyl groups excluding tert-OH is 3. The quantitative estimate of drug-likeness (QED) is 0.402. The van der Waals surface area contributed by atoms with E-state index in [9.17, 15) is 20.1 Å². The van der Waals surface area contributed by atoms with Crippen molar-refractivity contribution < 1.29 is 24.9 Å². The fraction of sp³-hybridized carbons (Fsp3) is 0.625. The minimum atomic E-state index is -1.46. The minimum Gasteiger partial charge on any atom is -0.394 e. The first-order chi connectivity index (χ1) is 12.9. The summed E-state index contributed by atoms with van der Waals surface area (Å²) in [4.78, 5) is 24.5. The second-order valence-corrected chi connectivity index (χ2v) is 6.69. The van der Waals surface area contributed by atoms with Crippen LogP contribution in [0, 0.1) is 5.92 Å². The fourth-order valence-corrected chi connectivity index (χ4v) is 3.08. The smallest absolute Gasteiger partial charge is 0.252 e. The van der Waals surface area contributed by atoms with Gasteiger partial charge in [-0.05, 0) is 5.92 Å². The first-order valence-electron chi connectivity index (χ1n) is 8.74. The van der Waals surface area contributed by atoms with E-state index in [1.165, 1.54) is 17.2 Å². The molecule has 6 atom stereocenters. The molecule has 148 valence electrons. The number of nitrogen functional groups attached to an aromatic ring is 1. The maximum Gasteiger partial charge on any atom is 0.252 e. The third-order valence-electron chi connectivity index (χ3n) is 5.01. The standard InChI is InChI=1S/C16H24N6O5/c1-3-7(2)8(4-23)21-15(26)12-10(24)11(25)16(27-12)22-6-20-9-13(17)18-5-19-14(9)22/h5-8,10-12,16,23-25H,3-4H2,1-2H3,(H,21,26)(H2,17,18,19)/t7-,8-,10+,11-,12+,16-/m1/s1. The first kappa shape index (κ1) is 19.4. The molecule has 0 saturated carbocycles. The van der Waals surface area contributed by atoms with E-state index in [2.05, 4.69) is 20.3 Å². The summed E-state index contributed by atoms with van der Waals surface area (Å²) in [6, 6.07) is -0.476. The normalized spacial score (nSPS) is 27.6. The van der Waals surface area contributed by atoms with Crippen molar-refractivity contribution in [2.75, 3.05) is 12.3 Å². The number of carbonyl (C=O) groups excluding carboxylic acids is 1. The SMILES string of the molecule is CC[C@@H](C)[C@@H](CO)NC(=O)[C@H]1O[C@@H](n2cnc3c(N)ncnc32)[C@H](O)[C@@H]1O. The predicted molar refractivity (Wildman–Crippen MR) is 94.1 cm³/mol. The highest BCUT2D eigenvalue weighted by Gasteiger charge is 2.48. The Morgan fingerprint density at radius 2 is 2.11 bits per heavy atom. The van der Waals surface area contributed by atoms with Gasteiger partial charge in [0, 0.05) is 0 Å². The molecule has 2 aromatic rings. The highest BCUT2D eigenvalue weighted by atomic mass is 16.6. The number of aliphatic hydroxyl groups is 3. The lowest BCUT2D eigenvalue weighted by atomic mass is 9.99. The third-order valence-corrected chi connectivity index (χ3v) is 5.01. The molecular formula is C16H24N6O5. The number of carbonyl (C=O) groups is 1. The van der Waals surface area contributed by atoms with Gasteiger partial charge in [-0.25, -0.2) is 15.0 Å². The van der Waals surface area contributed by atoms with E-state index in [0.29, 0.717) is 11.2 Å². The van der Waals surface area contributed by atoms with Gasteiger partial charge < -0.3 is 31.1 Å². The second-order valence-electron chi connectivity index (χ2n) is 6.69. The maximum absolute atomic E-state index is 12.5. The Morgan fingerprint density at radius 3 is 2.78 bits per heavy atom. The summed E-state index contributed by atoms with van der Waals surface area (Å²) in [7, 11) is 0. The van der Waals surface area contributed by atoms with E-state index in [4.69, 9.17) is 10.5 Å². The van der Waals surface area contributed by atoms with Crippen molar-refractivity contribution in [1.82, 2.24) is 24.8 Å². The molecule has 1 fully saturated rings. The number of aromatic nitrogens is 4. The zero-order valence-electron chi connectivity index (χ0n) is 15.1. The highest BCUT2D eigenvalue weighted by Crippen LogP contribution is 2.32. The van der Waals surface area contributed by atoms with E-state index in [-0.39, 0.29) is 18.3 Å². The van der Waals surface area contributed by atoms with Crippen LogP contribution in [0.4, 0.5) is 5.82 Å². The molecule has 0 spiro atoms. The zero-order chi connectivity index (χ0) is 19.7. The topological polar surface area (TPSA) is 169 Å². The second kappa shape index (κ2) is 7.72. The molecular weight excluding hydrogens is 356 g/mol. The Morgan fingerprint density at radius 1 is 1.37 bits per heavy atom. The summed E-state index contributed by atoms with van der Waals surface area (Å²) in [6.07, 6.45) is -1.87. The zero-order valence-corrected chi connectivity index (χ0v) is 15.1. The average molecular weight is 380 g/mol. The number of hydrogen-bond donors (Lipinski definition) is 5. The van der Waals surface area contributed by atoms with Gasteiger partial charge in [0.05, 0.1) is 19.0 Å². The molecule has 1 saturated heterocycles. The molecule has 11 nitrogen and oxygen atoms in total. The number of hydrogen-bond acceptors (Lipinski definition) is 9. The Bertz CT molecular complexity index is 814. The maximum atomic E-state index is 12.5. The van der Waals surface area contributed by atoms with Gasteiger partial charge in [-0.1, -0.05) is 20.3 Å². The summed E-state index contributed by atoms with van der Waals surface area (Å²) in [5.74, 6) is -0.405. The van der Waals surface area contributed by atoms with Gasteiger partial charge in [-0.2, -0.15) is 0 Å². The molecule has 27 heavy (non-hydrogen) atoms. The van der Waals surface area contributed by atoms with Gasteiger partial charge in [0.1, 0.15) is 24.1 Å². The molecule has 0 unspecified atom stereocenters. The monoisotopic (exact) mass is 380 g/mol. The van der Waals surface area contributed by atoms with Gasteiger partial charge in [-0.3, -0.25) is 9.36 Å². The summed E-state index contributed by atoms with van der Waals surface area (Å²) < 4.78 is 7.02. The van der Waals surface area contributed by atoms with Crippen LogP contribution in [-0.2, 0) is 9.53 Å². The predicted octanol–water partition coefficient (Wildman–Crippen LogP) is -1.45. The van der Waals surface area contributed by atoms with Crippen molar-refractivity contribution in [3.63, 3.8) is 0 Å². The summed E-state index contributed by atoms with van der Waals surface area (Å²) in [6.45, 7) is 3.60. The molecule has 3 rings (SSSR count). The lowest BCUT2D eigenvalue weighted by Gasteiger charge is -2.24. The Kier molecular flexibility index (Phi) is 5.56. The molecule has 2 aromatic heterocycles. The molecule has 0 radical (unpaired) electrons. The fourth-order valence-electron chi connectivity index (χ4n) is 3.08. The van der Waals surface area contributed by atoms with Crippen LogP contribution >= 0.6 is 0 Å². The summed E-state index contributed by atoms with van der Waals surface area (Å²) >= 11 is 0. The molecule has 0 aromatic carbocycles. The molecule has 1 aliphatic rings. The van der Waals surface area contributed by atoms with Crippen molar-refractivity contribution >= 4 is 22.9 Å². The summed E-state index contributed by atoms with van der Waals surface area (Å²) in [5.41, 5.74) is 6.39. The van der Waals surface area contributed by atoms with Crippen molar-refractivity contribution in [1.29, 1.82) is 0 Å². The number of rotatable bonds is 6. The molecule has 11 heteroatoms. The van der Waals surface area contributed by atoms with E-state index in [0.717, 1.165) is 6.42 Å². The number of fused-ring (bicyclic) bond motifs is 1. The Hall–Kier alpha value is -2.34. The highest BCUT2D eigenvalue weighted by molar-refractivity contribution is 5.83. The Balaban J connectivity index is 1.81. The van der Waals surface area contributed by atoms with Gasteiger partial charge in [0.2, 0.25) is 0 Å². The van der Waals surface area contributed by atoms with Crippen LogP contribution in [0.3, 0.4) is 0 Å². The van der Waals surface area contributed by atoms with Crippen LogP contribution in [0.25, 0.3) is 11.2 Å². The largest absolute Gasteiger partial charge is 0.394 e. The molecule has 0 aliphatic carbocycles. The van der Waals surface area contributed by atoms with Crippen LogP contribution in [0.15, 0.2) is 12.7 Å². The van der Waals surface area contributed by atoms with Gasteiger partial charge in [0.15, 0.2) is 23.8 Å². The van der Waals surface area contributed by atoms with Crippen molar-refractivity contribution in [2.45, 2.75) is 50.8 Å². The number of ether oxygens (including phenoxy) is 1. The lowest BCUT2D eigenvalue weighted by Crippen LogP contribution is -2.49. The van der Waals surface area contributed by atoms with Crippen molar-refractivity contribution in [3.05, 3.63) is 12.7 Å². The Labute approximate surface area is 155 Å². The van der Waals surface area contributed by atoms with Crippen LogP contribution in [0.2, 0.25) is 0 Å². The van der Waals surface area contributed by atoms with Crippen LogP contribution in [0.1, 0.15) is 26.5 Å². The van der Waals surface area contributed by atoms with Crippen LogP contribution in [-0.4, -0.2) is 71.7 Å². The lowest BCUT2D eigenvalue weighted by molar-refractivity contribution is -0.139. The van der Waals surface area contributed by atoms with Crippen molar-refractivity contribution in [2.24, 2.45) is 5.92 Å². The van der Waals surface area contributed by atoms with Crippen LogP contribution in [0.5, 0.6) is 0 Å².